The number of rotatable bonds is 20. The fourth-order valence-corrected chi connectivity index (χ4v) is 3.39. The summed E-state index contributed by atoms with van der Waals surface area (Å²) in [5, 5.41) is 0. The van der Waals surface area contributed by atoms with Crippen molar-refractivity contribution < 1.29 is 21.6 Å². The molecule has 0 N–H and O–H groups in total. The van der Waals surface area contributed by atoms with Gasteiger partial charge in [0.15, 0.2) is 6.73 Å². The van der Waals surface area contributed by atoms with Crippen LogP contribution in [0.3, 0.4) is 0 Å². The van der Waals surface area contributed by atoms with Gasteiger partial charge < -0.3 is 21.6 Å². The number of quaternary nitrogens is 1. The molecule has 0 bridgehead atoms. The van der Waals surface area contributed by atoms with Crippen molar-refractivity contribution in [2.24, 2.45) is 0 Å². The summed E-state index contributed by atoms with van der Waals surface area (Å²) in [6.07, 6.45) is 22.3. The molecule has 0 saturated carbocycles. The number of hydrogen-bond acceptors (Lipinski definition) is 1. The molecule has 0 spiro atoms. The van der Waals surface area contributed by atoms with Crippen LogP contribution in [0.2, 0.25) is 0 Å². The maximum atomic E-state index is 5.92. The minimum atomic E-state index is 0. The third kappa shape index (κ3) is 22.3. The third-order valence-corrected chi connectivity index (χ3v) is 5.20. The van der Waals surface area contributed by atoms with Gasteiger partial charge in [0.05, 0.1) is 27.2 Å². The van der Waals surface area contributed by atoms with Crippen molar-refractivity contribution in [1.82, 2.24) is 0 Å². The van der Waals surface area contributed by atoms with Gasteiger partial charge in [-0.3, -0.25) is 0 Å². The molecule has 0 aliphatic carbocycles. The molecule has 3 heteroatoms. The van der Waals surface area contributed by atoms with Gasteiger partial charge in [0.1, 0.15) is 0 Å². The predicted octanol–water partition coefficient (Wildman–Crippen LogP) is 4.32. The van der Waals surface area contributed by atoms with Crippen LogP contribution in [0, 0.1) is 0 Å². The maximum absolute atomic E-state index is 5.92. The van der Waals surface area contributed by atoms with Gasteiger partial charge in [-0.15, -0.1) is 0 Å². The minimum Gasteiger partial charge on any atom is -1.00 e. The number of nitrogens with zero attached hydrogens (tertiary/aromatic N) is 1. The molecule has 0 rings (SSSR count). The van der Waals surface area contributed by atoms with Gasteiger partial charge >= 0.3 is 0 Å². The van der Waals surface area contributed by atoms with Crippen LogP contribution in [0.15, 0.2) is 0 Å². The molecule has 26 heavy (non-hydrogen) atoms. The Hall–Kier alpha value is 0.210. The largest absolute Gasteiger partial charge is 1.00 e. The molecule has 0 aromatic rings. The first-order chi connectivity index (χ1) is 12.1. The van der Waals surface area contributed by atoms with Crippen LogP contribution < -0.4 is 12.4 Å². The van der Waals surface area contributed by atoms with Crippen LogP contribution in [-0.2, 0) is 4.74 Å². The quantitative estimate of drug-likeness (QED) is 0.170. The van der Waals surface area contributed by atoms with Crippen LogP contribution in [0.4, 0.5) is 0 Å². The molecule has 0 amide bonds. The van der Waals surface area contributed by atoms with E-state index in [0.717, 1.165) is 17.8 Å². The number of ether oxygens (including phenoxy) is 1. The Kier molecular flexibility index (Phi) is 23.5. The molecule has 0 atom stereocenters. The molecular formula is C23H50ClNO. The predicted molar refractivity (Wildman–Crippen MR) is 113 cm³/mol. The summed E-state index contributed by atoms with van der Waals surface area (Å²) in [7, 11) is 4.63. The zero-order chi connectivity index (χ0) is 18.6. The molecule has 0 heterocycles. The van der Waals surface area contributed by atoms with Crippen LogP contribution in [-0.4, -0.2) is 38.5 Å². The Balaban J connectivity index is 0. The molecule has 0 radical (unpaired) electrons. The second-order valence-electron chi connectivity index (χ2n) is 8.65. The summed E-state index contributed by atoms with van der Waals surface area (Å²) >= 11 is 0. The lowest BCUT2D eigenvalue weighted by Gasteiger charge is -2.29. The van der Waals surface area contributed by atoms with Gasteiger partial charge in [-0.05, 0) is 19.3 Å². The highest BCUT2D eigenvalue weighted by Gasteiger charge is 2.14. The smallest absolute Gasteiger partial charge is 0.182 e. The molecule has 160 valence electrons. The molecule has 0 aliphatic rings. The van der Waals surface area contributed by atoms with Crippen molar-refractivity contribution in [1.29, 1.82) is 0 Å². The number of unbranched alkanes of at least 4 members (excludes halogenated alkanes) is 14. The first-order valence-corrected chi connectivity index (χ1v) is 11.5. The van der Waals surface area contributed by atoms with Gasteiger partial charge in [-0.25, -0.2) is 0 Å². The van der Waals surface area contributed by atoms with Gasteiger partial charge in [-0.2, -0.15) is 0 Å². The molecule has 0 unspecified atom stereocenters. The molecule has 0 aliphatic heterocycles. The Morgan fingerprint density at radius 3 is 1.38 bits per heavy atom. The summed E-state index contributed by atoms with van der Waals surface area (Å²) < 4.78 is 6.94. The monoisotopic (exact) mass is 391 g/mol. The SMILES string of the molecule is CCCCCCCCCCCC[N+](C)(C)COCCCCCCCC.[Cl-]. The van der Waals surface area contributed by atoms with E-state index in [1.165, 1.54) is 109 Å². The van der Waals surface area contributed by atoms with E-state index >= 15 is 0 Å². The molecule has 0 aromatic carbocycles. The summed E-state index contributed by atoms with van der Waals surface area (Å²) in [5.74, 6) is 0. The standard InChI is InChI=1S/C23H50NO.ClH/c1-5-7-9-11-13-14-15-16-17-19-21-24(3,4)23-25-22-20-18-12-10-8-6-2;/h5-23H2,1-4H3;1H/q+1;/p-1. The highest BCUT2D eigenvalue weighted by Crippen LogP contribution is 2.12. The first-order valence-electron chi connectivity index (χ1n) is 11.5. The van der Waals surface area contributed by atoms with E-state index in [1.54, 1.807) is 0 Å². The van der Waals surface area contributed by atoms with Gasteiger partial charge in [0.25, 0.3) is 0 Å². The van der Waals surface area contributed by atoms with E-state index < -0.39 is 0 Å². The van der Waals surface area contributed by atoms with E-state index in [1.807, 2.05) is 0 Å². The highest BCUT2D eigenvalue weighted by molar-refractivity contribution is 4.47. The fourth-order valence-electron chi connectivity index (χ4n) is 3.39. The number of hydrogen-bond donors (Lipinski definition) is 0. The lowest BCUT2D eigenvalue weighted by atomic mass is 10.1. The average Bonchev–Trinajstić information content (AvgIpc) is 2.59. The van der Waals surface area contributed by atoms with E-state index in [0.29, 0.717) is 0 Å². The zero-order valence-corrected chi connectivity index (χ0v) is 19.4. The lowest BCUT2D eigenvalue weighted by Crippen LogP contribution is -3.00. The lowest BCUT2D eigenvalue weighted by molar-refractivity contribution is -0.909. The molecule has 0 fully saturated rings. The van der Waals surface area contributed by atoms with Crippen molar-refractivity contribution in [3.63, 3.8) is 0 Å². The summed E-state index contributed by atoms with van der Waals surface area (Å²) in [6, 6.07) is 0. The average molecular weight is 392 g/mol. The Morgan fingerprint density at radius 2 is 0.923 bits per heavy atom. The second-order valence-corrected chi connectivity index (χ2v) is 8.65. The fraction of sp³-hybridized carbons (Fsp3) is 1.00. The van der Waals surface area contributed by atoms with Crippen molar-refractivity contribution >= 4 is 0 Å². The normalized spacial score (nSPS) is 11.5. The van der Waals surface area contributed by atoms with Crippen LogP contribution in [0.1, 0.15) is 117 Å². The molecule has 0 aromatic heterocycles. The maximum Gasteiger partial charge on any atom is 0.182 e. The second kappa shape index (κ2) is 21.5. The van der Waals surface area contributed by atoms with Crippen LogP contribution in [0.5, 0.6) is 0 Å². The van der Waals surface area contributed by atoms with Crippen LogP contribution in [0.25, 0.3) is 0 Å². The van der Waals surface area contributed by atoms with E-state index in [9.17, 15) is 0 Å². The summed E-state index contributed by atoms with van der Waals surface area (Å²) in [6.45, 7) is 7.66. The Labute approximate surface area is 172 Å². The summed E-state index contributed by atoms with van der Waals surface area (Å²) in [4.78, 5) is 0. The van der Waals surface area contributed by atoms with Crippen molar-refractivity contribution in [3.8, 4) is 0 Å². The Bertz CT molecular complexity index is 259. The van der Waals surface area contributed by atoms with Crippen molar-refractivity contribution in [2.45, 2.75) is 117 Å². The van der Waals surface area contributed by atoms with E-state index in [-0.39, 0.29) is 12.4 Å². The molecule has 2 nitrogen and oxygen atoms in total. The zero-order valence-electron chi connectivity index (χ0n) is 18.7. The first kappa shape index (κ1) is 28.4. The van der Waals surface area contributed by atoms with E-state index in [2.05, 4.69) is 27.9 Å². The van der Waals surface area contributed by atoms with Crippen molar-refractivity contribution in [2.75, 3.05) is 34.0 Å². The van der Waals surface area contributed by atoms with E-state index in [4.69, 9.17) is 4.74 Å². The molecular weight excluding hydrogens is 342 g/mol. The summed E-state index contributed by atoms with van der Waals surface area (Å²) in [5.41, 5.74) is 0. The topological polar surface area (TPSA) is 9.23 Å². The molecule has 0 saturated heterocycles. The Morgan fingerprint density at radius 1 is 0.538 bits per heavy atom. The highest BCUT2D eigenvalue weighted by atomic mass is 35.5. The van der Waals surface area contributed by atoms with Gasteiger partial charge in [0.2, 0.25) is 0 Å². The van der Waals surface area contributed by atoms with Gasteiger partial charge in [0, 0.05) is 0 Å². The van der Waals surface area contributed by atoms with Crippen LogP contribution >= 0.6 is 0 Å². The van der Waals surface area contributed by atoms with Gasteiger partial charge in [-0.1, -0.05) is 97.3 Å². The number of halogens is 1. The minimum absolute atomic E-state index is 0. The van der Waals surface area contributed by atoms with Crippen molar-refractivity contribution in [3.05, 3.63) is 0 Å². The third-order valence-electron chi connectivity index (χ3n) is 5.20.